The van der Waals surface area contributed by atoms with Crippen LogP contribution in [0.1, 0.15) is 47.5 Å². The molecule has 0 fully saturated rings. The predicted molar refractivity (Wildman–Crippen MR) is 78.3 cm³/mol. The Morgan fingerprint density at radius 2 is 2.25 bits per heavy atom. The molecule has 108 valence electrons. The van der Waals surface area contributed by atoms with Crippen molar-refractivity contribution in [3.63, 3.8) is 0 Å². The molecule has 0 aliphatic heterocycles. The van der Waals surface area contributed by atoms with E-state index >= 15 is 0 Å². The first-order valence-corrected chi connectivity index (χ1v) is 7.26. The Kier molecular flexibility index (Phi) is 4.44. The molecule has 0 bridgehead atoms. The van der Waals surface area contributed by atoms with Gasteiger partial charge in [-0.25, -0.2) is 4.79 Å². The normalized spacial score (nSPS) is 12.2. The highest BCUT2D eigenvalue weighted by atomic mass is 32.1. The lowest BCUT2D eigenvalue weighted by Crippen LogP contribution is -2.11. The van der Waals surface area contributed by atoms with Crippen molar-refractivity contribution in [3.05, 3.63) is 34.9 Å². The summed E-state index contributed by atoms with van der Waals surface area (Å²) in [5.74, 6) is 1.34. The van der Waals surface area contributed by atoms with Gasteiger partial charge in [-0.3, -0.25) is 0 Å². The molecule has 6 heteroatoms. The number of aromatic nitrogens is 1. The van der Waals surface area contributed by atoms with Gasteiger partial charge < -0.3 is 14.5 Å². The van der Waals surface area contributed by atoms with Crippen molar-refractivity contribution >= 4 is 22.5 Å². The summed E-state index contributed by atoms with van der Waals surface area (Å²) < 4.78 is 14.9. The summed E-state index contributed by atoms with van der Waals surface area (Å²) >= 11 is 1.26. The molecular formula is C14H18N2O3S. The fourth-order valence-corrected chi connectivity index (χ4v) is 2.74. The number of esters is 1. The number of carbonyl (C=O) groups excluding carboxylic acids is 1. The van der Waals surface area contributed by atoms with Crippen molar-refractivity contribution in [1.82, 2.24) is 4.37 Å². The second-order valence-electron chi connectivity index (χ2n) is 4.51. The maximum atomic E-state index is 12.0. The second kappa shape index (κ2) is 6.09. The number of carbonyl (C=O) groups is 1. The Morgan fingerprint density at radius 3 is 2.85 bits per heavy atom. The first-order valence-electron chi connectivity index (χ1n) is 6.49. The standard InChI is InChI=1S/C14H18N2O3S/c1-5-18-14(17)12-10(4)16-20-13(12)15-9(3)11-7-6-8(2)19-11/h6-7,9,15H,5H2,1-4H3. The number of rotatable bonds is 5. The molecule has 20 heavy (non-hydrogen) atoms. The van der Waals surface area contributed by atoms with Gasteiger partial charge in [0.15, 0.2) is 0 Å². The summed E-state index contributed by atoms with van der Waals surface area (Å²) in [4.78, 5) is 12.0. The molecule has 1 unspecified atom stereocenters. The lowest BCUT2D eigenvalue weighted by Gasteiger charge is -2.12. The summed E-state index contributed by atoms with van der Waals surface area (Å²) in [6.07, 6.45) is 0. The zero-order chi connectivity index (χ0) is 14.7. The van der Waals surface area contributed by atoms with Crippen LogP contribution in [0.4, 0.5) is 5.00 Å². The van der Waals surface area contributed by atoms with Crippen molar-refractivity contribution in [2.45, 2.75) is 33.7 Å². The molecule has 0 aromatic carbocycles. The van der Waals surface area contributed by atoms with Crippen LogP contribution in [0.5, 0.6) is 0 Å². The van der Waals surface area contributed by atoms with Gasteiger partial charge in [0.1, 0.15) is 22.1 Å². The number of ether oxygens (including phenoxy) is 1. The molecule has 0 amide bonds. The number of hydrogen-bond acceptors (Lipinski definition) is 6. The van der Waals surface area contributed by atoms with Gasteiger partial charge in [-0.2, -0.15) is 4.37 Å². The van der Waals surface area contributed by atoms with Crippen LogP contribution in [0.3, 0.4) is 0 Å². The number of furan rings is 1. The summed E-state index contributed by atoms with van der Waals surface area (Å²) in [5.41, 5.74) is 1.19. The molecule has 1 N–H and O–H groups in total. The fourth-order valence-electron chi connectivity index (χ4n) is 1.87. The number of nitrogens with zero attached hydrogens (tertiary/aromatic N) is 1. The Morgan fingerprint density at radius 1 is 1.50 bits per heavy atom. The molecule has 0 aliphatic carbocycles. The molecular weight excluding hydrogens is 276 g/mol. The molecule has 0 aliphatic rings. The highest BCUT2D eigenvalue weighted by Gasteiger charge is 2.21. The average molecular weight is 294 g/mol. The summed E-state index contributed by atoms with van der Waals surface area (Å²) in [6, 6.07) is 3.79. The topological polar surface area (TPSA) is 64.4 Å². The quantitative estimate of drug-likeness (QED) is 0.852. The zero-order valence-electron chi connectivity index (χ0n) is 12.0. The van der Waals surface area contributed by atoms with Crippen LogP contribution in [0.15, 0.2) is 16.5 Å². The van der Waals surface area contributed by atoms with Crippen molar-refractivity contribution in [2.75, 3.05) is 11.9 Å². The van der Waals surface area contributed by atoms with Crippen LogP contribution in [-0.4, -0.2) is 16.9 Å². The Hall–Kier alpha value is -1.82. The van der Waals surface area contributed by atoms with Gasteiger partial charge in [-0.05, 0) is 51.4 Å². The Bertz CT molecular complexity index is 603. The van der Waals surface area contributed by atoms with E-state index in [9.17, 15) is 4.79 Å². The molecule has 0 saturated carbocycles. The summed E-state index contributed by atoms with van der Waals surface area (Å²) in [5, 5.41) is 3.97. The largest absolute Gasteiger partial charge is 0.464 e. The van der Waals surface area contributed by atoms with Crippen LogP contribution >= 0.6 is 11.5 Å². The maximum Gasteiger partial charge on any atom is 0.343 e. The summed E-state index contributed by atoms with van der Waals surface area (Å²) in [6.45, 7) is 7.81. The molecule has 2 rings (SSSR count). The molecule has 0 saturated heterocycles. The van der Waals surface area contributed by atoms with E-state index in [1.165, 1.54) is 11.5 Å². The third kappa shape index (κ3) is 3.01. The Labute approximate surface area is 122 Å². The van der Waals surface area contributed by atoms with Crippen LogP contribution in [0.25, 0.3) is 0 Å². The van der Waals surface area contributed by atoms with Crippen LogP contribution in [0.2, 0.25) is 0 Å². The van der Waals surface area contributed by atoms with Crippen molar-refractivity contribution in [3.8, 4) is 0 Å². The van der Waals surface area contributed by atoms with Gasteiger partial charge in [-0.15, -0.1) is 0 Å². The molecule has 2 heterocycles. The monoisotopic (exact) mass is 294 g/mol. The number of aryl methyl sites for hydroxylation is 2. The molecule has 2 aromatic rings. The Balaban J connectivity index is 2.19. The first-order chi connectivity index (χ1) is 9.52. The molecule has 2 aromatic heterocycles. The van der Waals surface area contributed by atoms with E-state index in [1.807, 2.05) is 26.0 Å². The van der Waals surface area contributed by atoms with E-state index in [0.29, 0.717) is 22.9 Å². The second-order valence-corrected chi connectivity index (χ2v) is 5.28. The fraction of sp³-hybridized carbons (Fsp3) is 0.429. The number of anilines is 1. The number of nitrogens with one attached hydrogen (secondary N) is 1. The zero-order valence-corrected chi connectivity index (χ0v) is 12.8. The van der Waals surface area contributed by atoms with Crippen LogP contribution < -0.4 is 5.32 Å². The van der Waals surface area contributed by atoms with Gasteiger partial charge in [0.05, 0.1) is 18.3 Å². The van der Waals surface area contributed by atoms with Gasteiger partial charge >= 0.3 is 5.97 Å². The van der Waals surface area contributed by atoms with E-state index in [2.05, 4.69) is 9.69 Å². The highest BCUT2D eigenvalue weighted by Crippen LogP contribution is 2.29. The minimum atomic E-state index is -0.343. The van der Waals surface area contributed by atoms with E-state index in [4.69, 9.17) is 9.15 Å². The van der Waals surface area contributed by atoms with Gasteiger partial charge in [0.25, 0.3) is 0 Å². The van der Waals surface area contributed by atoms with Gasteiger partial charge in [0.2, 0.25) is 0 Å². The van der Waals surface area contributed by atoms with Gasteiger partial charge in [0, 0.05) is 0 Å². The average Bonchev–Trinajstić information content (AvgIpc) is 2.96. The molecule has 1 atom stereocenters. The smallest absolute Gasteiger partial charge is 0.343 e. The number of hydrogen-bond donors (Lipinski definition) is 1. The van der Waals surface area contributed by atoms with Crippen molar-refractivity contribution in [1.29, 1.82) is 0 Å². The molecule has 5 nitrogen and oxygen atoms in total. The maximum absolute atomic E-state index is 12.0. The van der Waals surface area contributed by atoms with Crippen LogP contribution in [0, 0.1) is 13.8 Å². The lowest BCUT2D eigenvalue weighted by molar-refractivity contribution is 0.0527. The predicted octanol–water partition coefficient (Wildman–Crippen LogP) is 3.70. The minimum Gasteiger partial charge on any atom is -0.464 e. The summed E-state index contributed by atoms with van der Waals surface area (Å²) in [7, 11) is 0. The first kappa shape index (κ1) is 14.6. The van der Waals surface area contributed by atoms with E-state index in [-0.39, 0.29) is 12.0 Å². The van der Waals surface area contributed by atoms with Crippen LogP contribution in [-0.2, 0) is 4.74 Å². The van der Waals surface area contributed by atoms with E-state index < -0.39 is 0 Å². The minimum absolute atomic E-state index is 0.0447. The lowest BCUT2D eigenvalue weighted by atomic mass is 10.2. The molecule has 0 spiro atoms. The third-order valence-corrected chi connectivity index (χ3v) is 3.75. The molecule has 0 radical (unpaired) electrons. The van der Waals surface area contributed by atoms with Gasteiger partial charge in [-0.1, -0.05) is 0 Å². The highest BCUT2D eigenvalue weighted by molar-refractivity contribution is 7.10. The van der Waals surface area contributed by atoms with Crippen molar-refractivity contribution in [2.24, 2.45) is 0 Å². The van der Waals surface area contributed by atoms with E-state index in [1.54, 1.807) is 13.8 Å². The van der Waals surface area contributed by atoms with Crippen molar-refractivity contribution < 1.29 is 13.9 Å². The third-order valence-electron chi connectivity index (χ3n) is 2.88. The SMILES string of the molecule is CCOC(=O)c1c(C)nsc1NC(C)c1ccc(C)o1. The van der Waals surface area contributed by atoms with E-state index in [0.717, 1.165) is 11.5 Å².